The Kier molecular flexibility index (Phi) is 5.20. The number of carbonyl (C=O) groups is 1. The van der Waals surface area contributed by atoms with Crippen LogP contribution >= 0.6 is 27.3 Å². The lowest BCUT2D eigenvalue weighted by molar-refractivity contribution is -0.137. The summed E-state index contributed by atoms with van der Waals surface area (Å²) in [6.45, 7) is 3.83. The Bertz CT molecular complexity index is 709. The van der Waals surface area contributed by atoms with E-state index in [4.69, 9.17) is 0 Å². The zero-order valence-electron chi connectivity index (χ0n) is 12.5. The van der Waals surface area contributed by atoms with Crippen LogP contribution in [0.3, 0.4) is 0 Å². The van der Waals surface area contributed by atoms with Gasteiger partial charge in [-0.15, -0.1) is 11.3 Å². The van der Waals surface area contributed by atoms with E-state index < -0.39 is 17.2 Å². The van der Waals surface area contributed by atoms with Crippen molar-refractivity contribution in [3.05, 3.63) is 56.2 Å². The Morgan fingerprint density at radius 3 is 2.43 bits per heavy atom. The van der Waals surface area contributed by atoms with Gasteiger partial charge in [0.25, 0.3) is 5.91 Å². The Balaban J connectivity index is 2.13. The first-order chi connectivity index (χ1) is 10.6. The molecule has 1 aromatic heterocycles. The van der Waals surface area contributed by atoms with Gasteiger partial charge in [-0.25, -0.2) is 0 Å². The first-order valence-electron chi connectivity index (χ1n) is 6.80. The van der Waals surface area contributed by atoms with Gasteiger partial charge in [-0.1, -0.05) is 32.0 Å². The third-order valence-corrected chi connectivity index (χ3v) is 5.32. The maximum Gasteiger partial charge on any atom is 0.416 e. The van der Waals surface area contributed by atoms with Gasteiger partial charge >= 0.3 is 6.18 Å². The molecule has 0 atom stereocenters. The zero-order valence-corrected chi connectivity index (χ0v) is 14.9. The molecule has 1 N–H and O–H groups in total. The summed E-state index contributed by atoms with van der Waals surface area (Å²) in [7, 11) is 0. The lowest BCUT2D eigenvalue weighted by Crippen LogP contribution is -2.36. The van der Waals surface area contributed by atoms with Crippen LogP contribution in [-0.4, -0.2) is 12.5 Å². The Hall–Kier alpha value is -1.34. The summed E-state index contributed by atoms with van der Waals surface area (Å²) in [4.78, 5) is 12.7. The molecule has 1 amide bonds. The van der Waals surface area contributed by atoms with Crippen LogP contribution in [0.25, 0.3) is 0 Å². The fourth-order valence-electron chi connectivity index (χ4n) is 2.06. The topological polar surface area (TPSA) is 29.1 Å². The molecule has 0 radical (unpaired) electrons. The molecule has 1 heterocycles. The lowest BCUT2D eigenvalue weighted by atomic mass is 9.83. The molecule has 0 saturated heterocycles. The number of benzene rings is 1. The quantitative estimate of drug-likeness (QED) is 0.740. The third-order valence-electron chi connectivity index (χ3n) is 3.49. The summed E-state index contributed by atoms with van der Waals surface area (Å²) in [5.74, 6) is -0.244. The van der Waals surface area contributed by atoms with E-state index in [1.165, 1.54) is 17.4 Å². The number of nitrogens with one attached hydrogen (secondary N) is 1. The van der Waals surface area contributed by atoms with E-state index in [0.29, 0.717) is 14.9 Å². The Morgan fingerprint density at radius 2 is 1.87 bits per heavy atom. The fraction of sp³-hybridized carbons (Fsp3) is 0.312. The molecule has 0 fully saturated rings. The van der Waals surface area contributed by atoms with Gasteiger partial charge in [-0.3, -0.25) is 4.79 Å². The van der Waals surface area contributed by atoms with Crippen molar-refractivity contribution < 1.29 is 18.0 Å². The van der Waals surface area contributed by atoms with E-state index in [1.807, 2.05) is 0 Å². The molecule has 0 unspecified atom stereocenters. The highest BCUT2D eigenvalue weighted by Crippen LogP contribution is 2.32. The average molecular weight is 406 g/mol. The number of alkyl halides is 3. The van der Waals surface area contributed by atoms with Crippen molar-refractivity contribution in [2.75, 3.05) is 6.54 Å². The normalized spacial score (nSPS) is 12.3. The predicted octanol–water partition coefficient (Wildman–Crippen LogP) is 5.24. The van der Waals surface area contributed by atoms with E-state index in [-0.39, 0.29) is 12.5 Å². The van der Waals surface area contributed by atoms with Crippen molar-refractivity contribution in [3.8, 4) is 0 Å². The molecule has 1 aromatic carbocycles. The number of hydrogen-bond donors (Lipinski definition) is 1. The Morgan fingerprint density at radius 1 is 1.22 bits per heavy atom. The SMILES string of the molecule is CC(C)(CNC(=O)c1sccc1Br)c1cccc(C(F)(F)F)c1. The van der Waals surface area contributed by atoms with Gasteiger partial charge in [0.15, 0.2) is 0 Å². The highest BCUT2D eigenvalue weighted by atomic mass is 79.9. The largest absolute Gasteiger partial charge is 0.416 e. The fourth-order valence-corrected chi connectivity index (χ4v) is 3.52. The highest BCUT2D eigenvalue weighted by molar-refractivity contribution is 9.10. The van der Waals surface area contributed by atoms with Crippen LogP contribution in [0.4, 0.5) is 13.2 Å². The smallest absolute Gasteiger partial charge is 0.350 e. The highest BCUT2D eigenvalue weighted by Gasteiger charge is 2.32. The van der Waals surface area contributed by atoms with Gasteiger partial charge in [-0.05, 0) is 39.0 Å². The first kappa shape index (κ1) is 18.0. The molecule has 2 aromatic rings. The molecule has 124 valence electrons. The van der Waals surface area contributed by atoms with E-state index in [2.05, 4.69) is 21.2 Å². The molecule has 2 nitrogen and oxygen atoms in total. The molecule has 7 heteroatoms. The monoisotopic (exact) mass is 405 g/mol. The number of thiophene rings is 1. The number of rotatable bonds is 4. The number of amides is 1. The minimum atomic E-state index is -4.38. The average Bonchev–Trinajstić information content (AvgIpc) is 2.90. The number of halogens is 4. The maximum absolute atomic E-state index is 12.8. The van der Waals surface area contributed by atoms with Crippen molar-refractivity contribution >= 4 is 33.2 Å². The van der Waals surface area contributed by atoms with Crippen LogP contribution in [0.1, 0.15) is 34.6 Å². The van der Waals surface area contributed by atoms with Crippen molar-refractivity contribution in [1.29, 1.82) is 0 Å². The van der Waals surface area contributed by atoms with E-state index >= 15 is 0 Å². The minimum Gasteiger partial charge on any atom is -0.350 e. The van der Waals surface area contributed by atoms with Crippen molar-refractivity contribution in [1.82, 2.24) is 5.32 Å². The van der Waals surface area contributed by atoms with Gasteiger partial charge in [0, 0.05) is 16.4 Å². The summed E-state index contributed by atoms with van der Waals surface area (Å²) in [5, 5.41) is 4.57. The molecule has 23 heavy (non-hydrogen) atoms. The Labute approximate surface area is 144 Å². The van der Waals surface area contributed by atoms with Crippen LogP contribution < -0.4 is 5.32 Å². The van der Waals surface area contributed by atoms with Crippen LogP contribution in [-0.2, 0) is 11.6 Å². The van der Waals surface area contributed by atoms with Crippen molar-refractivity contribution in [3.63, 3.8) is 0 Å². The van der Waals surface area contributed by atoms with E-state index in [0.717, 1.165) is 12.1 Å². The number of carbonyl (C=O) groups excluding carboxylic acids is 1. The van der Waals surface area contributed by atoms with E-state index in [1.54, 1.807) is 31.4 Å². The van der Waals surface area contributed by atoms with Gasteiger partial charge in [0.1, 0.15) is 4.88 Å². The van der Waals surface area contributed by atoms with Gasteiger partial charge in [-0.2, -0.15) is 13.2 Å². The second-order valence-electron chi connectivity index (χ2n) is 5.74. The first-order valence-corrected chi connectivity index (χ1v) is 8.47. The minimum absolute atomic E-state index is 0.234. The summed E-state index contributed by atoms with van der Waals surface area (Å²) in [5.41, 5.74) is -0.783. The number of hydrogen-bond acceptors (Lipinski definition) is 2. The molecule has 0 aliphatic rings. The molecule has 0 saturated carbocycles. The van der Waals surface area contributed by atoms with Crippen LogP contribution in [0.15, 0.2) is 40.2 Å². The van der Waals surface area contributed by atoms with Crippen LogP contribution in [0.5, 0.6) is 0 Å². The summed E-state index contributed by atoms with van der Waals surface area (Å²) < 4.78 is 39.2. The molecule has 0 aliphatic heterocycles. The summed E-state index contributed by atoms with van der Waals surface area (Å²) in [6.07, 6.45) is -4.38. The van der Waals surface area contributed by atoms with Crippen LogP contribution in [0.2, 0.25) is 0 Å². The molecular formula is C16H15BrF3NOS. The predicted molar refractivity (Wildman–Crippen MR) is 88.8 cm³/mol. The molecule has 2 rings (SSSR count). The van der Waals surface area contributed by atoms with Gasteiger partial charge < -0.3 is 5.32 Å². The second-order valence-corrected chi connectivity index (χ2v) is 7.51. The van der Waals surface area contributed by atoms with Crippen molar-refractivity contribution in [2.45, 2.75) is 25.4 Å². The van der Waals surface area contributed by atoms with Crippen LogP contribution in [0, 0.1) is 0 Å². The van der Waals surface area contributed by atoms with Gasteiger partial charge in [0.2, 0.25) is 0 Å². The van der Waals surface area contributed by atoms with E-state index in [9.17, 15) is 18.0 Å². The molecular weight excluding hydrogens is 391 g/mol. The van der Waals surface area contributed by atoms with Crippen molar-refractivity contribution in [2.24, 2.45) is 0 Å². The lowest BCUT2D eigenvalue weighted by Gasteiger charge is -2.26. The summed E-state index contributed by atoms with van der Waals surface area (Å²) >= 11 is 4.59. The molecule has 0 aliphatic carbocycles. The zero-order chi connectivity index (χ0) is 17.3. The molecule has 0 bridgehead atoms. The maximum atomic E-state index is 12.8. The standard InChI is InChI=1S/C16H15BrF3NOS/c1-15(2,9-21-14(22)13-12(17)6-7-23-13)10-4-3-5-11(8-10)16(18,19)20/h3-8H,9H2,1-2H3,(H,21,22). The summed E-state index contributed by atoms with van der Waals surface area (Å²) in [6, 6.07) is 6.98. The third kappa shape index (κ3) is 4.35. The molecule has 0 spiro atoms. The van der Waals surface area contributed by atoms with Gasteiger partial charge in [0.05, 0.1) is 5.56 Å². The second kappa shape index (κ2) is 6.65.